The van der Waals surface area contributed by atoms with Gasteiger partial charge in [-0.3, -0.25) is 9.59 Å². The molecular weight excluding hydrogens is 232 g/mol. The third kappa shape index (κ3) is 4.55. The Hall–Kier alpha value is -1.88. The first-order valence-corrected chi connectivity index (χ1v) is 5.70. The van der Waals surface area contributed by atoms with Crippen LogP contribution in [0.1, 0.15) is 18.1 Å². The highest BCUT2D eigenvalue weighted by Gasteiger charge is 2.08. The van der Waals surface area contributed by atoms with Crippen molar-refractivity contribution in [2.75, 3.05) is 13.6 Å². The minimum absolute atomic E-state index is 0.0190. The van der Waals surface area contributed by atoms with Crippen LogP contribution in [-0.2, 0) is 22.7 Å². The number of amides is 2. The van der Waals surface area contributed by atoms with Gasteiger partial charge in [-0.1, -0.05) is 24.3 Å². The van der Waals surface area contributed by atoms with Crippen LogP contribution in [0.25, 0.3) is 0 Å². The van der Waals surface area contributed by atoms with Crippen LogP contribution in [0, 0.1) is 0 Å². The van der Waals surface area contributed by atoms with E-state index in [2.05, 4.69) is 5.32 Å². The maximum Gasteiger partial charge on any atom is 0.239 e. The van der Waals surface area contributed by atoms with Crippen LogP contribution in [0.15, 0.2) is 24.3 Å². The van der Waals surface area contributed by atoms with Gasteiger partial charge in [0.15, 0.2) is 0 Å². The fraction of sp³-hybridized carbons (Fsp3) is 0.385. The summed E-state index contributed by atoms with van der Waals surface area (Å²) in [5, 5.41) is 11.7. The second-order valence-electron chi connectivity index (χ2n) is 4.13. The molecule has 5 nitrogen and oxygen atoms in total. The van der Waals surface area contributed by atoms with Gasteiger partial charge in [0.25, 0.3) is 0 Å². The number of hydrogen-bond acceptors (Lipinski definition) is 3. The first kappa shape index (κ1) is 14.2. The van der Waals surface area contributed by atoms with Crippen LogP contribution < -0.4 is 5.32 Å². The molecule has 0 saturated carbocycles. The Labute approximate surface area is 106 Å². The predicted octanol–water partition coefficient (Wildman–Crippen LogP) is 0.273. The van der Waals surface area contributed by atoms with Crippen molar-refractivity contribution in [1.82, 2.24) is 10.2 Å². The van der Waals surface area contributed by atoms with Gasteiger partial charge in [0.2, 0.25) is 11.8 Å². The molecule has 0 radical (unpaired) electrons. The zero-order valence-electron chi connectivity index (χ0n) is 10.6. The minimum atomic E-state index is -0.206. The Balaban J connectivity index is 2.44. The lowest BCUT2D eigenvalue weighted by Crippen LogP contribution is -2.37. The van der Waals surface area contributed by atoms with Gasteiger partial charge in [-0.05, 0) is 11.1 Å². The van der Waals surface area contributed by atoms with Crippen molar-refractivity contribution in [3.05, 3.63) is 35.4 Å². The van der Waals surface area contributed by atoms with Crippen molar-refractivity contribution in [3.63, 3.8) is 0 Å². The molecule has 0 unspecified atom stereocenters. The van der Waals surface area contributed by atoms with Crippen LogP contribution in [0.5, 0.6) is 0 Å². The molecule has 0 atom stereocenters. The van der Waals surface area contributed by atoms with E-state index >= 15 is 0 Å². The van der Waals surface area contributed by atoms with E-state index in [-0.39, 0.29) is 25.0 Å². The van der Waals surface area contributed by atoms with Gasteiger partial charge in [0.05, 0.1) is 13.2 Å². The number of hydrogen-bond donors (Lipinski definition) is 2. The van der Waals surface area contributed by atoms with E-state index in [1.807, 2.05) is 24.3 Å². The number of carbonyl (C=O) groups excluding carboxylic acids is 2. The van der Waals surface area contributed by atoms with Crippen molar-refractivity contribution in [2.45, 2.75) is 20.1 Å². The quantitative estimate of drug-likeness (QED) is 0.788. The molecule has 1 rings (SSSR count). The lowest BCUT2D eigenvalue weighted by atomic mass is 10.1. The fourth-order valence-corrected chi connectivity index (χ4v) is 1.42. The van der Waals surface area contributed by atoms with Gasteiger partial charge in [-0.2, -0.15) is 0 Å². The third-order valence-electron chi connectivity index (χ3n) is 2.58. The second-order valence-corrected chi connectivity index (χ2v) is 4.13. The van der Waals surface area contributed by atoms with Crippen molar-refractivity contribution in [3.8, 4) is 0 Å². The fourth-order valence-electron chi connectivity index (χ4n) is 1.42. The zero-order valence-corrected chi connectivity index (χ0v) is 10.6. The van der Waals surface area contributed by atoms with Gasteiger partial charge in [0.1, 0.15) is 0 Å². The monoisotopic (exact) mass is 250 g/mol. The zero-order chi connectivity index (χ0) is 13.5. The van der Waals surface area contributed by atoms with Crippen LogP contribution in [0.2, 0.25) is 0 Å². The summed E-state index contributed by atoms with van der Waals surface area (Å²) in [6.45, 7) is 1.83. The van der Waals surface area contributed by atoms with E-state index in [1.54, 1.807) is 7.05 Å². The van der Waals surface area contributed by atoms with Crippen molar-refractivity contribution in [2.24, 2.45) is 0 Å². The number of rotatable bonds is 5. The molecule has 0 heterocycles. The summed E-state index contributed by atoms with van der Waals surface area (Å²) in [5.41, 5.74) is 1.72. The maximum atomic E-state index is 11.5. The van der Waals surface area contributed by atoms with Gasteiger partial charge < -0.3 is 15.3 Å². The summed E-state index contributed by atoms with van der Waals surface area (Å²) in [4.78, 5) is 23.8. The van der Waals surface area contributed by atoms with E-state index in [0.29, 0.717) is 6.54 Å². The standard InChI is InChI=1S/C13H18N2O3/c1-10(17)15(2)8-13(18)14-7-11-4-3-5-12(6-11)9-16/h3-6,16H,7-9H2,1-2H3,(H,14,18). The number of aliphatic hydroxyl groups is 1. The summed E-state index contributed by atoms with van der Waals surface area (Å²) in [7, 11) is 1.58. The smallest absolute Gasteiger partial charge is 0.239 e. The highest BCUT2D eigenvalue weighted by molar-refractivity contribution is 5.83. The third-order valence-corrected chi connectivity index (χ3v) is 2.58. The number of likely N-dealkylation sites (N-methyl/N-ethyl adjacent to an activating group) is 1. The largest absolute Gasteiger partial charge is 0.392 e. The summed E-state index contributed by atoms with van der Waals surface area (Å²) >= 11 is 0. The highest BCUT2D eigenvalue weighted by atomic mass is 16.3. The van der Waals surface area contributed by atoms with Crippen LogP contribution >= 0.6 is 0 Å². The number of nitrogens with one attached hydrogen (secondary N) is 1. The Morgan fingerprint density at radius 1 is 1.33 bits per heavy atom. The normalized spacial score (nSPS) is 9.94. The van der Waals surface area contributed by atoms with Crippen LogP contribution in [-0.4, -0.2) is 35.4 Å². The average molecular weight is 250 g/mol. The first-order chi connectivity index (χ1) is 8.52. The molecule has 2 amide bonds. The predicted molar refractivity (Wildman–Crippen MR) is 67.5 cm³/mol. The summed E-state index contributed by atoms with van der Waals surface area (Å²) in [5.74, 6) is -0.352. The van der Waals surface area contributed by atoms with E-state index in [9.17, 15) is 9.59 Å². The molecule has 0 bridgehead atoms. The SMILES string of the molecule is CC(=O)N(C)CC(=O)NCc1cccc(CO)c1. The lowest BCUT2D eigenvalue weighted by Gasteiger charge is -2.14. The molecule has 0 aliphatic rings. The van der Waals surface area contributed by atoms with Crippen molar-refractivity contribution in [1.29, 1.82) is 0 Å². The van der Waals surface area contributed by atoms with Crippen molar-refractivity contribution < 1.29 is 14.7 Å². The molecule has 98 valence electrons. The van der Waals surface area contributed by atoms with Crippen LogP contribution in [0.4, 0.5) is 0 Å². The molecule has 0 saturated heterocycles. The Morgan fingerprint density at radius 2 is 2.00 bits per heavy atom. The van der Waals surface area contributed by atoms with Gasteiger partial charge in [-0.25, -0.2) is 0 Å². The van der Waals surface area contributed by atoms with Gasteiger partial charge >= 0.3 is 0 Å². The summed E-state index contributed by atoms with van der Waals surface area (Å²) in [6, 6.07) is 7.34. The number of nitrogens with zero attached hydrogens (tertiary/aromatic N) is 1. The minimum Gasteiger partial charge on any atom is -0.392 e. The van der Waals surface area contributed by atoms with Gasteiger partial charge in [0, 0.05) is 20.5 Å². The molecule has 0 aliphatic carbocycles. The Bertz CT molecular complexity index is 432. The Kier molecular flexibility index (Phi) is 5.32. The number of benzene rings is 1. The van der Waals surface area contributed by atoms with Gasteiger partial charge in [-0.15, -0.1) is 0 Å². The van der Waals surface area contributed by atoms with E-state index in [4.69, 9.17) is 5.11 Å². The molecule has 2 N–H and O–H groups in total. The summed E-state index contributed by atoms with van der Waals surface area (Å²) < 4.78 is 0. The molecule has 1 aromatic carbocycles. The molecule has 0 aromatic heterocycles. The highest BCUT2D eigenvalue weighted by Crippen LogP contribution is 2.04. The maximum absolute atomic E-state index is 11.5. The second kappa shape index (κ2) is 6.76. The number of aliphatic hydroxyl groups excluding tert-OH is 1. The number of carbonyl (C=O) groups is 2. The average Bonchev–Trinajstić information content (AvgIpc) is 2.36. The van der Waals surface area contributed by atoms with Crippen LogP contribution in [0.3, 0.4) is 0 Å². The molecule has 18 heavy (non-hydrogen) atoms. The van der Waals surface area contributed by atoms with E-state index in [0.717, 1.165) is 11.1 Å². The molecule has 0 aliphatic heterocycles. The lowest BCUT2D eigenvalue weighted by molar-refractivity contribution is -0.133. The Morgan fingerprint density at radius 3 is 2.61 bits per heavy atom. The van der Waals surface area contributed by atoms with E-state index in [1.165, 1.54) is 11.8 Å². The topological polar surface area (TPSA) is 69.6 Å². The molecule has 0 fully saturated rings. The van der Waals surface area contributed by atoms with Crippen molar-refractivity contribution >= 4 is 11.8 Å². The summed E-state index contributed by atoms with van der Waals surface area (Å²) in [6.07, 6.45) is 0. The molecular formula is C13H18N2O3. The molecule has 1 aromatic rings. The molecule has 5 heteroatoms. The molecule has 0 spiro atoms. The first-order valence-electron chi connectivity index (χ1n) is 5.70. The van der Waals surface area contributed by atoms with E-state index < -0.39 is 0 Å².